The van der Waals surface area contributed by atoms with Gasteiger partial charge in [0.2, 0.25) is 5.91 Å². The number of nitrogens with one attached hydrogen (secondary N) is 1. The molecule has 0 fully saturated rings. The summed E-state index contributed by atoms with van der Waals surface area (Å²) in [5.41, 5.74) is 2.43. The highest BCUT2D eigenvalue weighted by molar-refractivity contribution is 8.00. The molecular weight excluding hydrogens is 448 g/mol. The molecule has 0 saturated heterocycles. The second-order valence-corrected chi connectivity index (χ2v) is 10.0. The average molecular weight is 473 g/mol. The monoisotopic (exact) mass is 472 g/mol. The van der Waals surface area contributed by atoms with Gasteiger partial charge in [-0.1, -0.05) is 17.8 Å². The molecule has 8 nitrogen and oxygen atoms in total. The highest BCUT2D eigenvalue weighted by Gasteiger charge is 2.28. The third-order valence-electron chi connectivity index (χ3n) is 5.22. The van der Waals surface area contributed by atoms with Crippen molar-refractivity contribution < 1.29 is 14.3 Å². The molecule has 0 aromatic carbocycles. The minimum absolute atomic E-state index is 0.234. The number of aromatic nitrogens is 3. The van der Waals surface area contributed by atoms with Crippen molar-refractivity contribution in [3.05, 3.63) is 50.4 Å². The van der Waals surface area contributed by atoms with Crippen LogP contribution in [0.5, 0.6) is 0 Å². The molecule has 0 unspecified atom stereocenters. The Kier molecular flexibility index (Phi) is 6.61. The number of fused-ring (bicyclic) bond motifs is 2. The molecule has 0 saturated carbocycles. The van der Waals surface area contributed by atoms with Crippen LogP contribution >= 0.6 is 23.1 Å². The number of thioether (sulfide) groups is 1. The van der Waals surface area contributed by atoms with Gasteiger partial charge in [-0.15, -0.1) is 11.3 Å². The summed E-state index contributed by atoms with van der Waals surface area (Å²) in [7, 11) is 0. The van der Waals surface area contributed by atoms with Crippen LogP contribution in [0.1, 0.15) is 53.1 Å². The Labute approximate surface area is 193 Å². The van der Waals surface area contributed by atoms with Gasteiger partial charge in [-0.05, 0) is 63.6 Å². The number of esters is 1. The van der Waals surface area contributed by atoms with Gasteiger partial charge in [0.1, 0.15) is 10.6 Å². The number of hydrogen-bond donors (Lipinski definition) is 1. The molecular formula is C22H24N4O4S2. The lowest BCUT2D eigenvalue weighted by atomic mass is 9.95. The van der Waals surface area contributed by atoms with Crippen molar-refractivity contribution >= 4 is 45.6 Å². The summed E-state index contributed by atoms with van der Waals surface area (Å²) in [6.45, 7) is 5.64. The van der Waals surface area contributed by atoms with Crippen molar-refractivity contribution in [1.29, 1.82) is 0 Å². The van der Waals surface area contributed by atoms with E-state index in [0.29, 0.717) is 16.2 Å². The van der Waals surface area contributed by atoms with Gasteiger partial charge in [0.25, 0.3) is 0 Å². The molecule has 3 heterocycles. The standard InChI is InChI=1S/C22H24N4O4S2/c1-4-30-20(28)17-14-7-5-6-8-15(14)32-19(17)24-18(27)13(3)31-21-23-16-10-9-12(2)11-26(16)22(29)25-21/h9-11,13H,4-8H2,1-3H3,(H,24,27)/t13-/m0/s1. The quantitative estimate of drug-likeness (QED) is 0.432. The van der Waals surface area contributed by atoms with Gasteiger partial charge in [0.15, 0.2) is 5.16 Å². The van der Waals surface area contributed by atoms with Crippen LogP contribution in [0.4, 0.5) is 5.00 Å². The molecule has 1 aliphatic carbocycles. The fourth-order valence-corrected chi connectivity index (χ4v) is 5.69. The largest absolute Gasteiger partial charge is 0.462 e. The van der Waals surface area contributed by atoms with Gasteiger partial charge in [-0.25, -0.2) is 14.6 Å². The number of rotatable bonds is 6. The Bertz CT molecular complexity index is 1250. The SMILES string of the molecule is CCOC(=O)c1c(NC(=O)[C@H](C)Sc2nc(=O)n3cc(C)ccc3n2)sc2c1CCCC2. The molecule has 4 rings (SSSR count). The van der Waals surface area contributed by atoms with Crippen molar-refractivity contribution in [3.8, 4) is 0 Å². The van der Waals surface area contributed by atoms with E-state index in [1.54, 1.807) is 26.1 Å². The van der Waals surface area contributed by atoms with E-state index in [1.165, 1.54) is 15.7 Å². The predicted octanol–water partition coefficient (Wildman–Crippen LogP) is 3.63. The number of nitrogens with zero attached hydrogens (tertiary/aromatic N) is 3. The van der Waals surface area contributed by atoms with E-state index >= 15 is 0 Å². The van der Waals surface area contributed by atoms with Crippen LogP contribution in [0.3, 0.4) is 0 Å². The molecule has 1 N–H and O–H groups in total. The molecule has 0 spiro atoms. The number of thiophene rings is 1. The van der Waals surface area contributed by atoms with Crippen molar-refractivity contribution in [2.45, 2.75) is 56.9 Å². The van der Waals surface area contributed by atoms with Gasteiger partial charge in [0, 0.05) is 11.1 Å². The lowest BCUT2D eigenvalue weighted by Crippen LogP contribution is -2.25. The van der Waals surface area contributed by atoms with Crippen LogP contribution in [0.15, 0.2) is 28.3 Å². The molecule has 1 amide bonds. The van der Waals surface area contributed by atoms with Crippen molar-refractivity contribution in [2.24, 2.45) is 0 Å². The highest BCUT2D eigenvalue weighted by Crippen LogP contribution is 2.39. The number of ether oxygens (including phenoxy) is 1. The molecule has 3 aromatic rings. The average Bonchev–Trinajstić information content (AvgIpc) is 3.12. The van der Waals surface area contributed by atoms with Crippen LogP contribution in [0.2, 0.25) is 0 Å². The minimum atomic E-state index is -0.573. The number of carbonyl (C=O) groups is 2. The Morgan fingerprint density at radius 2 is 2.06 bits per heavy atom. The number of hydrogen-bond acceptors (Lipinski definition) is 8. The minimum Gasteiger partial charge on any atom is -0.462 e. The van der Waals surface area contributed by atoms with Crippen LogP contribution in [-0.2, 0) is 22.4 Å². The molecule has 0 bridgehead atoms. The lowest BCUT2D eigenvalue weighted by Gasteiger charge is -2.13. The number of amides is 1. The van der Waals surface area contributed by atoms with Gasteiger partial charge in [0.05, 0.1) is 17.4 Å². The summed E-state index contributed by atoms with van der Waals surface area (Å²) in [5.74, 6) is -0.685. The fourth-order valence-electron chi connectivity index (χ4n) is 3.65. The van der Waals surface area contributed by atoms with Crippen LogP contribution in [0, 0.1) is 6.92 Å². The summed E-state index contributed by atoms with van der Waals surface area (Å²) in [5, 5.41) is 3.10. The molecule has 0 radical (unpaired) electrons. The van der Waals surface area contributed by atoms with E-state index in [9.17, 15) is 14.4 Å². The zero-order valence-electron chi connectivity index (χ0n) is 18.1. The van der Waals surface area contributed by atoms with E-state index < -0.39 is 16.9 Å². The molecule has 1 aliphatic rings. The maximum Gasteiger partial charge on any atom is 0.355 e. The van der Waals surface area contributed by atoms with E-state index in [4.69, 9.17) is 4.74 Å². The Balaban J connectivity index is 1.55. The lowest BCUT2D eigenvalue weighted by molar-refractivity contribution is -0.115. The van der Waals surface area contributed by atoms with Crippen LogP contribution in [-0.4, -0.2) is 38.1 Å². The number of anilines is 1. The summed E-state index contributed by atoms with van der Waals surface area (Å²) in [6, 6.07) is 3.61. The number of carbonyl (C=O) groups excluding carboxylic acids is 2. The first kappa shape index (κ1) is 22.5. The maximum absolute atomic E-state index is 12.9. The third kappa shape index (κ3) is 4.56. The molecule has 10 heteroatoms. The highest BCUT2D eigenvalue weighted by atomic mass is 32.2. The summed E-state index contributed by atoms with van der Waals surface area (Å²) >= 11 is 2.55. The second-order valence-electron chi connectivity index (χ2n) is 7.61. The van der Waals surface area contributed by atoms with E-state index in [0.717, 1.165) is 53.4 Å². The topological polar surface area (TPSA) is 103 Å². The first-order chi connectivity index (χ1) is 15.4. The zero-order chi connectivity index (χ0) is 22.8. The van der Waals surface area contributed by atoms with Crippen molar-refractivity contribution in [3.63, 3.8) is 0 Å². The smallest absolute Gasteiger partial charge is 0.355 e. The van der Waals surface area contributed by atoms with Gasteiger partial charge >= 0.3 is 11.7 Å². The van der Waals surface area contributed by atoms with Gasteiger partial charge in [-0.3, -0.25) is 9.20 Å². The van der Waals surface area contributed by atoms with E-state index in [-0.39, 0.29) is 17.7 Å². The maximum atomic E-state index is 12.9. The van der Waals surface area contributed by atoms with Gasteiger partial charge in [-0.2, -0.15) is 4.98 Å². The van der Waals surface area contributed by atoms with E-state index in [1.807, 2.05) is 13.0 Å². The summed E-state index contributed by atoms with van der Waals surface area (Å²) < 4.78 is 6.63. The Hall–Kier alpha value is -2.72. The first-order valence-corrected chi connectivity index (χ1v) is 12.2. The fraction of sp³-hybridized carbons (Fsp3) is 0.409. The van der Waals surface area contributed by atoms with Crippen molar-refractivity contribution in [2.75, 3.05) is 11.9 Å². The normalized spacial score (nSPS) is 14.1. The molecule has 3 aromatic heterocycles. The molecule has 0 aliphatic heterocycles. The van der Waals surface area contributed by atoms with Crippen LogP contribution < -0.4 is 11.0 Å². The van der Waals surface area contributed by atoms with Crippen molar-refractivity contribution in [1.82, 2.24) is 14.4 Å². The second kappa shape index (κ2) is 9.41. The van der Waals surface area contributed by atoms with E-state index in [2.05, 4.69) is 15.3 Å². The number of aryl methyl sites for hydroxylation is 2. The molecule has 1 atom stereocenters. The number of pyridine rings is 1. The van der Waals surface area contributed by atoms with Crippen LogP contribution in [0.25, 0.3) is 5.65 Å². The Morgan fingerprint density at radius 3 is 2.84 bits per heavy atom. The van der Waals surface area contributed by atoms with Gasteiger partial charge < -0.3 is 10.1 Å². The predicted molar refractivity (Wildman–Crippen MR) is 125 cm³/mol. The third-order valence-corrected chi connectivity index (χ3v) is 7.39. The first-order valence-electron chi connectivity index (χ1n) is 10.5. The summed E-state index contributed by atoms with van der Waals surface area (Å²) in [6.07, 6.45) is 5.49. The zero-order valence-corrected chi connectivity index (χ0v) is 19.8. The molecule has 168 valence electrons. The Morgan fingerprint density at radius 1 is 1.28 bits per heavy atom. The molecule has 32 heavy (non-hydrogen) atoms. The summed E-state index contributed by atoms with van der Waals surface area (Å²) in [4.78, 5) is 47.4.